The van der Waals surface area contributed by atoms with E-state index in [0.717, 1.165) is 18.5 Å². The lowest BCUT2D eigenvalue weighted by Gasteiger charge is -2.28. The lowest BCUT2D eigenvalue weighted by atomic mass is 10.1. The number of hydrogen-bond donors (Lipinski definition) is 1. The van der Waals surface area contributed by atoms with Crippen LogP contribution in [0.4, 0.5) is 0 Å². The van der Waals surface area contributed by atoms with Crippen molar-refractivity contribution in [3.8, 4) is 0 Å². The predicted molar refractivity (Wildman–Crippen MR) is 114 cm³/mol. The minimum absolute atomic E-state index is 0.0126. The van der Waals surface area contributed by atoms with E-state index >= 15 is 0 Å². The van der Waals surface area contributed by atoms with Gasteiger partial charge in [0.15, 0.2) is 0 Å². The van der Waals surface area contributed by atoms with Gasteiger partial charge in [0.2, 0.25) is 5.91 Å². The standard InChI is InChI=1S/C22H27ClN4O2/c1-16(18-4-6-20(23)7-5-18)25-21(28)17(2)26-12-3-13-27(15-14-26)22(29)19-8-10-24-11-9-19/h4-11,16-17H,3,12-15H2,1-2H3,(H,25,28). The minimum Gasteiger partial charge on any atom is -0.348 e. The topological polar surface area (TPSA) is 65.5 Å². The molecule has 0 bridgehead atoms. The Labute approximate surface area is 176 Å². The molecule has 0 aliphatic carbocycles. The van der Waals surface area contributed by atoms with Gasteiger partial charge in [0.25, 0.3) is 5.91 Å². The Hall–Kier alpha value is -2.44. The van der Waals surface area contributed by atoms with Crippen LogP contribution in [0.5, 0.6) is 0 Å². The summed E-state index contributed by atoms with van der Waals surface area (Å²) in [5.41, 5.74) is 1.66. The van der Waals surface area contributed by atoms with Crippen molar-refractivity contribution in [2.24, 2.45) is 0 Å². The van der Waals surface area contributed by atoms with Gasteiger partial charge in [-0.25, -0.2) is 0 Å². The average molecular weight is 415 g/mol. The molecule has 2 unspecified atom stereocenters. The Kier molecular flexibility index (Phi) is 7.23. The summed E-state index contributed by atoms with van der Waals surface area (Å²) in [5.74, 6) is 0.00377. The van der Waals surface area contributed by atoms with Gasteiger partial charge in [-0.05, 0) is 50.1 Å². The lowest BCUT2D eigenvalue weighted by Crippen LogP contribution is -2.47. The summed E-state index contributed by atoms with van der Waals surface area (Å²) in [6.07, 6.45) is 4.10. The van der Waals surface area contributed by atoms with Gasteiger partial charge in [0.1, 0.15) is 0 Å². The number of carbonyl (C=O) groups is 2. The number of nitrogens with one attached hydrogen (secondary N) is 1. The van der Waals surface area contributed by atoms with Crippen molar-refractivity contribution in [2.45, 2.75) is 32.4 Å². The quantitative estimate of drug-likeness (QED) is 0.816. The zero-order valence-electron chi connectivity index (χ0n) is 16.8. The molecule has 7 heteroatoms. The van der Waals surface area contributed by atoms with Crippen LogP contribution in [0.3, 0.4) is 0 Å². The highest BCUT2D eigenvalue weighted by molar-refractivity contribution is 6.30. The van der Waals surface area contributed by atoms with Gasteiger partial charge in [-0.2, -0.15) is 0 Å². The first-order valence-corrected chi connectivity index (χ1v) is 10.3. The van der Waals surface area contributed by atoms with E-state index in [1.165, 1.54) is 0 Å². The van der Waals surface area contributed by atoms with Gasteiger partial charge in [-0.3, -0.25) is 19.5 Å². The molecule has 1 N–H and O–H groups in total. The Morgan fingerprint density at radius 3 is 2.38 bits per heavy atom. The Morgan fingerprint density at radius 2 is 1.69 bits per heavy atom. The number of carbonyl (C=O) groups excluding carboxylic acids is 2. The number of hydrogen-bond acceptors (Lipinski definition) is 4. The molecule has 0 saturated carbocycles. The van der Waals surface area contributed by atoms with Crippen LogP contribution in [0.1, 0.15) is 42.2 Å². The van der Waals surface area contributed by atoms with Crippen molar-refractivity contribution in [1.82, 2.24) is 20.1 Å². The molecule has 2 heterocycles. The number of amides is 2. The van der Waals surface area contributed by atoms with E-state index < -0.39 is 0 Å². The maximum absolute atomic E-state index is 12.8. The third-order valence-electron chi connectivity index (χ3n) is 5.40. The van der Waals surface area contributed by atoms with Crippen molar-refractivity contribution < 1.29 is 9.59 Å². The third-order valence-corrected chi connectivity index (χ3v) is 5.65. The molecule has 2 aromatic rings. The monoisotopic (exact) mass is 414 g/mol. The number of nitrogens with zero attached hydrogens (tertiary/aromatic N) is 3. The van der Waals surface area contributed by atoms with Gasteiger partial charge in [-0.15, -0.1) is 0 Å². The zero-order chi connectivity index (χ0) is 20.8. The summed E-state index contributed by atoms with van der Waals surface area (Å²) in [5, 5.41) is 3.76. The second-order valence-electron chi connectivity index (χ2n) is 7.38. The number of halogens is 1. The van der Waals surface area contributed by atoms with Crippen molar-refractivity contribution >= 4 is 23.4 Å². The van der Waals surface area contributed by atoms with E-state index in [2.05, 4.69) is 15.2 Å². The first kappa shape index (κ1) is 21.3. The fourth-order valence-electron chi connectivity index (χ4n) is 3.54. The Morgan fingerprint density at radius 1 is 1.00 bits per heavy atom. The fraction of sp³-hybridized carbons (Fsp3) is 0.409. The molecule has 0 radical (unpaired) electrons. The highest BCUT2D eigenvalue weighted by Gasteiger charge is 2.26. The summed E-state index contributed by atoms with van der Waals surface area (Å²) in [4.78, 5) is 33.4. The number of pyridine rings is 1. The van der Waals surface area contributed by atoms with Crippen LogP contribution >= 0.6 is 11.6 Å². The number of benzene rings is 1. The second kappa shape index (κ2) is 9.85. The summed E-state index contributed by atoms with van der Waals surface area (Å²) in [7, 11) is 0. The van der Waals surface area contributed by atoms with Crippen LogP contribution in [-0.2, 0) is 4.79 Å². The summed E-state index contributed by atoms with van der Waals surface area (Å²) in [6.45, 7) is 6.62. The van der Waals surface area contributed by atoms with E-state index in [1.54, 1.807) is 24.5 Å². The summed E-state index contributed by atoms with van der Waals surface area (Å²) >= 11 is 5.94. The molecule has 0 spiro atoms. The molecule has 6 nitrogen and oxygen atoms in total. The van der Waals surface area contributed by atoms with E-state index in [-0.39, 0.29) is 23.9 Å². The highest BCUT2D eigenvalue weighted by Crippen LogP contribution is 2.17. The molecule has 1 aliphatic heterocycles. The molecule has 2 atom stereocenters. The minimum atomic E-state index is -0.263. The van der Waals surface area contributed by atoms with Gasteiger partial charge < -0.3 is 10.2 Å². The summed E-state index contributed by atoms with van der Waals surface area (Å²) < 4.78 is 0. The van der Waals surface area contributed by atoms with Gasteiger partial charge in [0, 0.05) is 49.2 Å². The van der Waals surface area contributed by atoms with Gasteiger partial charge >= 0.3 is 0 Å². The largest absolute Gasteiger partial charge is 0.348 e. The third kappa shape index (κ3) is 5.55. The molecule has 1 aromatic carbocycles. The van der Waals surface area contributed by atoms with E-state index in [4.69, 9.17) is 11.6 Å². The highest BCUT2D eigenvalue weighted by atomic mass is 35.5. The molecule has 3 rings (SSSR count). The first-order chi connectivity index (χ1) is 14.0. The van der Waals surface area contributed by atoms with Crippen LogP contribution in [0.15, 0.2) is 48.8 Å². The van der Waals surface area contributed by atoms with E-state index in [0.29, 0.717) is 30.2 Å². The Balaban J connectivity index is 1.55. The van der Waals surface area contributed by atoms with Gasteiger partial charge in [0.05, 0.1) is 12.1 Å². The fourth-order valence-corrected chi connectivity index (χ4v) is 3.67. The van der Waals surface area contributed by atoms with Crippen molar-refractivity contribution in [3.63, 3.8) is 0 Å². The van der Waals surface area contributed by atoms with Crippen LogP contribution < -0.4 is 5.32 Å². The molecular formula is C22H27ClN4O2. The predicted octanol–water partition coefficient (Wildman–Crippen LogP) is 3.15. The zero-order valence-corrected chi connectivity index (χ0v) is 17.6. The Bertz CT molecular complexity index is 828. The maximum atomic E-state index is 12.8. The molecule has 1 aromatic heterocycles. The molecule has 1 saturated heterocycles. The van der Waals surface area contributed by atoms with Crippen LogP contribution in [0.2, 0.25) is 5.02 Å². The van der Waals surface area contributed by atoms with Gasteiger partial charge in [-0.1, -0.05) is 23.7 Å². The van der Waals surface area contributed by atoms with Crippen molar-refractivity contribution in [3.05, 3.63) is 64.9 Å². The van der Waals surface area contributed by atoms with Crippen molar-refractivity contribution in [2.75, 3.05) is 26.2 Å². The molecular weight excluding hydrogens is 388 g/mol. The van der Waals surface area contributed by atoms with Crippen LogP contribution in [0, 0.1) is 0 Å². The number of aromatic nitrogens is 1. The molecule has 29 heavy (non-hydrogen) atoms. The normalized spacial score (nSPS) is 17.3. The summed E-state index contributed by atoms with van der Waals surface area (Å²) in [6, 6.07) is 10.6. The first-order valence-electron chi connectivity index (χ1n) is 9.95. The molecule has 154 valence electrons. The van der Waals surface area contributed by atoms with E-state index in [1.807, 2.05) is 43.0 Å². The lowest BCUT2D eigenvalue weighted by molar-refractivity contribution is -0.126. The van der Waals surface area contributed by atoms with Crippen LogP contribution in [0.25, 0.3) is 0 Å². The maximum Gasteiger partial charge on any atom is 0.254 e. The molecule has 2 amide bonds. The molecule has 1 fully saturated rings. The molecule has 1 aliphatic rings. The average Bonchev–Trinajstić information content (AvgIpc) is 3.00. The van der Waals surface area contributed by atoms with Crippen LogP contribution in [-0.4, -0.2) is 58.8 Å². The van der Waals surface area contributed by atoms with E-state index in [9.17, 15) is 9.59 Å². The number of rotatable bonds is 5. The van der Waals surface area contributed by atoms with Crippen molar-refractivity contribution in [1.29, 1.82) is 0 Å². The second-order valence-corrected chi connectivity index (χ2v) is 7.81. The smallest absolute Gasteiger partial charge is 0.254 e. The SMILES string of the molecule is CC(NC(=O)C(C)N1CCCN(C(=O)c2ccncc2)CC1)c1ccc(Cl)cc1.